The summed E-state index contributed by atoms with van der Waals surface area (Å²) in [5.74, 6) is 0. The third-order valence-electron chi connectivity index (χ3n) is 1.76. The van der Waals surface area contributed by atoms with Crippen LogP contribution in [-0.4, -0.2) is 12.2 Å². The van der Waals surface area contributed by atoms with Gasteiger partial charge >= 0.3 is 6.09 Å². The third-order valence-corrected chi connectivity index (χ3v) is 1.76. The van der Waals surface area contributed by atoms with Gasteiger partial charge in [0, 0.05) is 16.4 Å². The van der Waals surface area contributed by atoms with Crippen LogP contribution in [0.4, 0.5) is 4.79 Å². The van der Waals surface area contributed by atoms with Crippen LogP contribution in [0.2, 0.25) is 0 Å². The van der Waals surface area contributed by atoms with Crippen LogP contribution >= 0.6 is 0 Å². The molecule has 0 bridgehead atoms. The van der Waals surface area contributed by atoms with E-state index in [9.17, 15) is 4.79 Å². The zero-order valence-electron chi connectivity index (χ0n) is 7.67. The lowest BCUT2D eigenvalue weighted by Gasteiger charge is -2.11. The maximum absolute atomic E-state index is 10.8. The monoisotopic (exact) mass is 193 g/mol. The van der Waals surface area contributed by atoms with E-state index in [2.05, 4.69) is 10.0 Å². The van der Waals surface area contributed by atoms with Gasteiger partial charge in [0.05, 0.1) is 0 Å². The number of hydrogen-bond acceptors (Lipinski definition) is 2. The minimum absolute atomic E-state index is 0.315. The van der Waals surface area contributed by atoms with Gasteiger partial charge in [-0.2, -0.15) is 0 Å². The topological polar surface area (TPSA) is 75.1 Å². The quantitative estimate of drug-likeness (QED) is 0.277. The second-order valence-electron chi connectivity index (χ2n) is 2.82. The van der Waals surface area contributed by atoms with E-state index in [0.717, 1.165) is 12.8 Å². The van der Waals surface area contributed by atoms with Crippen LogP contribution in [0.25, 0.3) is 10.4 Å². The normalized spacial score (nSPS) is 25.0. The van der Waals surface area contributed by atoms with Gasteiger partial charge in [0.15, 0.2) is 0 Å². The van der Waals surface area contributed by atoms with Crippen LogP contribution in [0.5, 0.6) is 0 Å². The molecule has 0 fully saturated rings. The highest BCUT2D eigenvalue weighted by Gasteiger charge is 2.08. The predicted octanol–water partition coefficient (Wildman–Crippen LogP) is 3.10. The number of allylic oxidation sites excluding steroid dienone is 2. The molecule has 0 aromatic rings. The first-order chi connectivity index (χ1) is 6.83. The highest BCUT2D eigenvalue weighted by molar-refractivity contribution is 5.68. The summed E-state index contributed by atoms with van der Waals surface area (Å²) in [5.41, 5.74) is 7.99. The summed E-state index contributed by atoms with van der Waals surface area (Å²) in [6.45, 7) is 0. The third kappa shape index (κ3) is 3.78. The number of rotatable bonds is 1. The Hall–Kier alpha value is -1.74. The minimum atomic E-state index is -0.879. The molecule has 5 nitrogen and oxygen atoms in total. The Labute approximate surface area is 81.7 Å². The fourth-order valence-electron chi connectivity index (χ4n) is 1.14. The van der Waals surface area contributed by atoms with Crippen LogP contribution in [0.1, 0.15) is 19.3 Å². The van der Waals surface area contributed by atoms with Gasteiger partial charge in [0.1, 0.15) is 6.10 Å². The Bertz CT molecular complexity index is 303. The average Bonchev–Trinajstić information content (AvgIpc) is 2.10. The number of carbonyl (C=O) groups is 1. The SMILES string of the molecule is [N-]=[N+]=NC(=O)OC1/C=C\CC/C=C\C1. The van der Waals surface area contributed by atoms with E-state index >= 15 is 0 Å². The molecule has 1 rings (SSSR count). The van der Waals surface area contributed by atoms with Crippen molar-refractivity contribution in [3.05, 3.63) is 34.7 Å². The molecule has 0 aliphatic heterocycles. The van der Waals surface area contributed by atoms with Crippen LogP contribution in [-0.2, 0) is 4.74 Å². The highest BCUT2D eigenvalue weighted by Crippen LogP contribution is 2.09. The molecule has 0 spiro atoms. The van der Waals surface area contributed by atoms with Crippen molar-refractivity contribution < 1.29 is 9.53 Å². The zero-order chi connectivity index (χ0) is 10.2. The first kappa shape index (κ1) is 10.3. The number of nitrogens with zero attached hydrogens (tertiary/aromatic N) is 3. The molecule has 1 aliphatic carbocycles. The second-order valence-corrected chi connectivity index (χ2v) is 2.82. The number of hydrogen-bond donors (Lipinski definition) is 0. The van der Waals surface area contributed by atoms with Gasteiger partial charge < -0.3 is 4.74 Å². The van der Waals surface area contributed by atoms with E-state index in [4.69, 9.17) is 10.3 Å². The lowest BCUT2D eigenvalue weighted by Crippen LogP contribution is -2.12. The first-order valence-corrected chi connectivity index (χ1v) is 4.40. The number of ether oxygens (including phenoxy) is 1. The highest BCUT2D eigenvalue weighted by atomic mass is 16.6. The number of carbonyl (C=O) groups excluding carboxylic acids is 1. The fourth-order valence-corrected chi connectivity index (χ4v) is 1.14. The summed E-state index contributed by atoms with van der Waals surface area (Å²) >= 11 is 0. The molecule has 0 saturated heterocycles. The molecule has 0 N–H and O–H groups in total. The molecule has 0 aromatic carbocycles. The molecular weight excluding hydrogens is 182 g/mol. The fraction of sp³-hybridized carbons (Fsp3) is 0.444. The van der Waals surface area contributed by atoms with Gasteiger partial charge in [-0.3, -0.25) is 0 Å². The summed E-state index contributed by atoms with van der Waals surface area (Å²) in [6, 6.07) is 0. The van der Waals surface area contributed by atoms with Crippen molar-refractivity contribution in [3.63, 3.8) is 0 Å². The molecule has 0 heterocycles. The molecule has 1 atom stereocenters. The Morgan fingerprint density at radius 1 is 1.43 bits per heavy atom. The summed E-state index contributed by atoms with van der Waals surface area (Å²) in [7, 11) is 0. The van der Waals surface area contributed by atoms with E-state index < -0.39 is 6.09 Å². The number of amides is 1. The van der Waals surface area contributed by atoms with E-state index in [1.165, 1.54) is 0 Å². The van der Waals surface area contributed by atoms with Gasteiger partial charge in [0.25, 0.3) is 0 Å². The Balaban J connectivity index is 2.49. The van der Waals surface area contributed by atoms with Crippen LogP contribution in [0, 0.1) is 0 Å². The van der Waals surface area contributed by atoms with Gasteiger partial charge in [-0.15, -0.1) is 0 Å². The summed E-state index contributed by atoms with van der Waals surface area (Å²) < 4.78 is 4.87. The molecule has 1 aliphatic rings. The maximum Gasteiger partial charge on any atom is 0.397 e. The predicted molar refractivity (Wildman–Crippen MR) is 51.5 cm³/mol. The lowest BCUT2D eigenvalue weighted by atomic mass is 10.1. The van der Waals surface area contributed by atoms with Gasteiger partial charge in [-0.1, -0.05) is 18.2 Å². The van der Waals surface area contributed by atoms with Gasteiger partial charge in [-0.05, 0) is 24.4 Å². The van der Waals surface area contributed by atoms with E-state index in [-0.39, 0.29) is 6.10 Å². The van der Waals surface area contributed by atoms with Crippen molar-refractivity contribution in [3.8, 4) is 0 Å². The zero-order valence-corrected chi connectivity index (χ0v) is 7.67. The summed E-state index contributed by atoms with van der Waals surface area (Å²) in [5, 5.41) is 2.83. The summed E-state index contributed by atoms with van der Waals surface area (Å²) in [6.07, 6.45) is 9.14. The van der Waals surface area contributed by atoms with Crippen molar-refractivity contribution in [2.24, 2.45) is 5.11 Å². The maximum atomic E-state index is 10.8. The van der Waals surface area contributed by atoms with E-state index in [0.29, 0.717) is 6.42 Å². The Kier molecular flexibility index (Phi) is 4.31. The smallest absolute Gasteiger partial charge is 0.397 e. The largest absolute Gasteiger partial charge is 0.453 e. The van der Waals surface area contributed by atoms with Crippen molar-refractivity contribution in [2.45, 2.75) is 25.4 Å². The Morgan fingerprint density at radius 3 is 3.00 bits per heavy atom. The van der Waals surface area contributed by atoms with Crippen LogP contribution < -0.4 is 0 Å². The summed E-state index contributed by atoms with van der Waals surface area (Å²) in [4.78, 5) is 13.2. The average molecular weight is 193 g/mol. The molecule has 0 saturated carbocycles. The van der Waals surface area contributed by atoms with Crippen molar-refractivity contribution >= 4 is 6.09 Å². The second kappa shape index (κ2) is 5.83. The van der Waals surface area contributed by atoms with Crippen LogP contribution in [0.15, 0.2) is 29.4 Å². The molecular formula is C9H11N3O2. The van der Waals surface area contributed by atoms with Crippen molar-refractivity contribution in [2.75, 3.05) is 0 Å². The molecule has 0 radical (unpaired) electrons. The lowest BCUT2D eigenvalue weighted by molar-refractivity contribution is 0.130. The van der Waals surface area contributed by atoms with Crippen molar-refractivity contribution in [1.29, 1.82) is 0 Å². The number of azide groups is 1. The standard InChI is InChI=1S/C9H11N3O2/c10-12-11-9(13)14-8-6-4-2-1-3-5-7-8/h2,4-5,7-8H,1,3,6H2/b4-2-,7-5-. The van der Waals surface area contributed by atoms with Gasteiger partial charge in [0.2, 0.25) is 0 Å². The van der Waals surface area contributed by atoms with Crippen LogP contribution in [0.3, 0.4) is 0 Å². The molecule has 0 aromatic heterocycles. The molecule has 14 heavy (non-hydrogen) atoms. The van der Waals surface area contributed by atoms with E-state index in [1.54, 1.807) is 0 Å². The molecule has 1 amide bonds. The van der Waals surface area contributed by atoms with Crippen molar-refractivity contribution in [1.82, 2.24) is 0 Å². The van der Waals surface area contributed by atoms with Gasteiger partial charge in [-0.25, -0.2) is 4.79 Å². The molecule has 74 valence electrons. The molecule has 1 unspecified atom stereocenters. The Morgan fingerprint density at radius 2 is 2.21 bits per heavy atom. The molecule has 5 heteroatoms. The van der Waals surface area contributed by atoms with E-state index in [1.807, 2.05) is 24.3 Å². The minimum Gasteiger partial charge on any atom is -0.453 e. The first-order valence-electron chi connectivity index (χ1n) is 4.40.